The van der Waals surface area contributed by atoms with Crippen LogP contribution in [0.2, 0.25) is 0 Å². The van der Waals surface area contributed by atoms with Crippen LogP contribution in [0.1, 0.15) is 28.7 Å². The van der Waals surface area contributed by atoms with Crippen LogP contribution in [0, 0.1) is 0 Å². The Bertz CT molecular complexity index is 698. The van der Waals surface area contributed by atoms with Gasteiger partial charge in [0.25, 0.3) is 5.91 Å². The molecule has 0 saturated carbocycles. The number of carbonyl (C=O) groups is 1. The second-order valence-corrected chi connectivity index (χ2v) is 5.90. The molecule has 1 unspecified atom stereocenters. The van der Waals surface area contributed by atoms with E-state index in [0.29, 0.717) is 24.6 Å². The van der Waals surface area contributed by atoms with Crippen molar-refractivity contribution in [3.8, 4) is 0 Å². The number of amides is 1. The lowest BCUT2D eigenvalue weighted by Gasteiger charge is -2.27. The van der Waals surface area contributed by atoms with E-state index in [-0.39, 0.29) is 11.9 Å². The number of para-hydroxylation sites is 1. The molecule has 23 heavy (non-hydrogen) atoms. The highest BCUT2D eigenvalue weighted by Gasteiger charge is 2.29. The summed E-state index contributed by atoms with van der Waals surface area (Å²) in [6.45, 7) is 3.69. The Kier molecular flexibility index (Phi) is 4.34. The standard InChI is InChI=1S/C17H21N3O3/c1-12-9-19(2)16-7-5-4-6-13(16)10-20(12)17(21)15-8-14(11-22-3)23-18-15/h4-8,12H,9-11H2,1-3H3. The van der Waals surface area contributed by atoms with Gasteiger partial charge in [-0.1, -0.05) is 23.4 Å². The molecule has 1 aliphatic heterocycles. The number of benzene rings is 1. The molecular formula is C17H21N3O3. The second kappa shape index (κ2) is 6.42. The molecule has 3 rings (SSSR count). The molecule has 6 heteroatoms. The Hall–Kier alpha value is -2.34. The van der Waals surface area contributed by atoms with E-state index in [1.807, 2.05) is 17.0 Å². The number of hydrogen-bond acceptors (Lipinski definition) is 5. The summed E-state index contributed by atoms with van der Waals surface area (Å²) >= 11 is 0. The number of nitrogens with zero attached hydrogens (tertiary/aromatic N) is 3. The summed E-state index contributed by atoms with van der Waals surface area (Å²) < 4.78 is 10.1. The minimum absolute atomic E-state index is 0.0717. The first kappa shape index (κ1) is 15.6. The number of rotatable bonds is 3. The largest absolute Gasteiger partial charge is 0.377 e. The van der Waals surface area contributed by atoms with Gasteiger partial charge in [0.15, 0.2) is 11.5 Å². The quantitative estimate of drug-likeness (QED) is 0.870. The van der Waals surface area contributed by atoms with Gasteiger partial charge >= 0.3 is 0 Å². The average Bonchev–Trinajstić information content (AvgIpc) is 2.96. The lowest BCUT2D eigenvalue weighted by atomic mass is 10.1. The van der Waals surface area contributed by atoms with E-state index >= 15 is 0 Å². The maximum atomic E-state index is 12.8. The Labute approximate surface area is 135 Å². The molecule has 2 heterocycles. The normalized spacial score (nSPS) is 17.8. The predicted molar refractivity (Wildman–Crippen MR) is 86.3 cm³/mol. The molecule has 1 aromatic carbocycles. The van der Waals surface area contributed by atoms with Crippen molar-refractivity contribution in [2.75, 3.05) is 25.6 Å². The number of fused-ring (bicyclic) bond motifs is 1. The van der Waals surface area contributed by atoms with Crippen molar-refractivity contribution in [3.05, 3.63) is 47.3 Å². The minimum Gasteiger partial charge on any atom is -0.377 e. The van der Waals surface area contributed by atoms with E-state index in [9.17, 15) is 4.79 Å². The van der Waals surface area contributed by atoms with Gasteiger partial charge in [0.05, 0.1) is 0 Å². The zero-order valence-electron chi connectivity index (χ0n) is 13.7. The molecule has 122 valence electrons. The van der Waals surface area contributed by atoms with E-state index in [4.69, 9.17) is 9.26 Å². The third-order valence-corrected chi connectivity index (χ3v) is 4.14. The van der Waals surface area contributed by atoms with E-state index in [0.717, 1.165) is 17.8 Å². The Morgan fingerprint density at radius 1 is 1.43 bits per heavy atom. The molecule has 2 aromatic rings. The minimum atomic E-state index is -0.117. The van der Waals surface area contributed by atoms with Crippen molar-refractivity contribution in [3.63, 3.8) is 0 Å². The van der Waals surface area contributed by atoms with Gasteiger partial charge in [0.2, 0.25) is 0 Å². The van der Waals surface area contributed by atoms with Crippen LogP contribution in [0.15, 0.2) is 34.9 Å². The van der Waals surface area contributed by atoms with Crippen LogP contribution in [-0.2, 0) is 17.9 Å². The van der Waals surface area contributed by atoms with Gasteiger partial charge in [0, 0.05) is 45.0 Å². The molecule has 1 amide bonds. The molecule has 0 N–H and O–H groups in total. The van der Waals surface area contributed by atoms with Gasteiger partial charge in [-0.05, 0) is 18.6 Å². The first-order valence-electron chi connectivity index (χ1n) is 7.64. The fraction of sp³-hybridized carbons (Fsp3) is 0.412. The van der Waals surface area contributed by atoms with Gasteiger partial charge in [-0.25, -0.2) is 0 Å². The molecular weight excluding hydrogens is 294 g/mol. The van der Waals surface area contributed by atoms with Crippen molar-refractivity contribution < 1.29 is 14.1 Å². The zero-order valence-corrected chi connectivity index (χ0v) is 13.7. The van der Waals surface area contributed by atoms with Gasteiger partial charge in [0.1, 0.15) is 6.61 Å². The molecule has 1 atom stereocenters. The fourth-order valence-corrected chi connectivity index (χ4v) is 2.99. The first-order chi connectivity index (χ1) is 11.1. The number of carbonyl (C=O) groups excluding carboxylic acids is 1. The zero-order chi connectivity index (χ0) is 16.4. The summed E-state index contributed by atoms with van der Waals surface area (Å²) in [4.78, 5) is 16.9. The number of hydrogen-bond donors (Lipinski definition) is 0. The topological polar surface area (TPSA) is 58.8 Å². The molecule has 0 bridgehead atoms. The fourth-order valence-electron chi connectivity index (χ4n) is 2.99. The van der Waals surface area contributed by atoms with Crippen LogP contribution in [0.4, 0.5) is 5.69 Å². The van der Waals surface area contributed by atoms with Gasteiger partial charge < -0.3 is 19.1 Å². The van der Waals surface area contributed by atoms with Gasteiger partial charge in [-0.2, -0.15) is 0 Å². The third-order valence-electron chi connectivity index (χ3n) is 4.14. The Morgan fingerprint density at radius 2 is 2.22 bits per heavy atom. The molecule has 1 aromatic heterocycles. The van der Waals surface area contributed by atoms with E-state index in [1.165, 1.54) is 0 Å². The summed E-state index contributed by atoms with van der Waals surface area (Å²) in [5.74, 6) is 0.435. The number of anilines is 1. The van der Waals surface area contributed by atoms with E-state index in [2.05, 4.69) is 36.2 Å². The Balaban J connectivity index is 1.87. The number of methoxy groups -OCH3 is 1. The molecule has 0 aliphatic carbocycles. The maximum Gasteiger partial charge on any atom is 0.276 e. The average molecular weight is 315 g/mol. The number of aromatic nitrogens is 1. The summed E-state index contributed by atoms with van der Waals surface area (Å²) in [6, 6.07) is 9.89. The molecule has 0 saturated heterocycles. The molecule has 1 aliphatic rings. The highest BCUT2D eigenvalue weighted by atomic mass is 16.5. The maximum absolute atomic E-state index is 12.8. The highest BCUT2D eigenvalue weighted by Crippen LogP contribution is 2.27. The summed E-state index contributed by atoms with van der Waals surface area (Å²) in [5.41, 5.74) is 2.62. The van der Waals surface area contributed by atoms with Crippen molar-refractivity contribution >= 4 is 11.6 Å². The smallest absolute Gasteiger partial charge is 0.276 e. The van der Waals surface area contributed by atoms with Crippen molar-refractivity contribution in [1.82, 2.24) is 10.1 Å². The molecule has 6 nitrogen and oxygen atoms in total. The summed E-state index contributed by atoms with van der Waals surface area (Å²) in [6.07, 6.45) is 0. The predicted octanol–water partition coefficient (Wildman–Crippen LogP) is 2.30. The van der Waals surface area contributed by atoms with Crippen molar-refractivity contribution in [2.45, 2.75) is 26.1 Å². The van der Waals surface area contributed by atoms with Crippen LogP contribution in [0.5, 0.6) is 0 Å². The van der Waals surface area contributed by atoms with Crippen LogP contribution in [0.25, 0.3) is 0 Å². The molecule has 0 spiro atoms. The van der Waals surface area contributed by atoms with E-state index in [1.54, 1.807) is 13.2 Å². The van der Waals surface area contributed by atoms with Crippen LogP contribution in [-0.4, -0.2) is 42.7 Å². The van der Waals surface area contributed by atoms with E-state index < -0.39 is 0 Å². The van der Waals surface area contributed by atoms with Crippen LogP contribution in [0.3, 0.4) is 0 Å². The number of likely N-dealkylation sites (N-methyl/N-ethyl adjacent to an activating group) is 1. The lowest BCUT2D eigenvalue weighted by Crippen LogP contribution is -2.42. The van der Waals surface area contributed by atoms with Gasteiger partial charge in [-0.15, -0.1) is 0 Å². The SMILES string of the molecule is COCc1cc(C(=O)N2Cc3ccccc3N(C)CC2C)no1. The van der Waals surface area contributed by atoms with Crippen LogP contribution < -0.4 is 4.90 Å². The highest BCUT2D eigenvalue weighted by molar-refractivity contribution is 5.92. The number of ether oxygens (including phenoxy) is 1. The lowest BCUT2D eigenvalue weighted by molar-refractivity contribution is 0.0676. The second-order valence-electron chi connectivity index (χ2n) is 5.90. The third kappa shape index (κ3) is 3.07. The first-order valence-corrected chi connectivity index (χ1v) is 7.64. The summed E-state index contributed by atoms with van der Waals surface area (Å²) in [7, 11) is 3.63. The van der Waals surface area contributed by atoms with Crippen molar-refractivity contribution in [1.29, 1.82) is 0 Å². The van der Waals surface area contributed by atoms with Crippen molar-refractivity contribution in [2.24, 2.45) is 0 Å². The summed E-state index contributed by atoms with van der Waals surface area (Å²) in [5, 5.41) is 3.89. The molecule has 0 fully saturated rings. The molecule has 0 radical (unpaired) electrons. The monoisotopic (exact) mass is 315 g/mol. The van der Waals surface area contributed by atoms with Crippen LogP contribution >= 0.6 is 0 Å². The Morgan fingerprint density at radius 3 is 3.00 bits per heavy atom. The van der Waals surface area contributed by atoms with Gasteiger partial charge in [-0.3, -0.25) is 4.79 Å².